The van der Waals surface area contributed by atoms with Crippen molar-refractivity contribution in [3.63, 3.8) is 0 Å². The highest BCUT2D eigenvalue weighted by atomic mass is 16.5. The van der Waals surface area contributed by atoms with Gasteiger partial charge in [0.2, 0.25) is 0 Å². The van der Waals surface area contributed by atoms with Crippen LogP contribution in [0, 0.1) is 5.41 Å². The van der Waals surface area contributed by atoms with Crippen molar-refractivity contribution in [3.8, 4) is 0 Å². The summed E-state index contributed by atoms with van der Waals surface area (Å²) in [6, 6.07) is 0.717. The fourth-order valence-corrected chi connectivity index (χ4v) is 1.76. The Balaban J connectivity index is 1.96. The Bertz CT molecular complexity index is 156. The monoisotopic (exact) mass is 199 g/mol. The van der Waals surface area contributed by atoms with E-state index in [1.807, 2.05) is 0 Å². The van der Waals surface area contributed by atoms with Crippen LogP contribution in [0.2, 0.25) is 0 Å². The highest BCUT2D eigenvalue weighted by Gasteiger charge is 2.28. The molecule has 0 aliphatic heterocycles. The summed E-state index contributed by atoms with van der Waals surface area (Å²) in [4.78, 5) is 0. The maximum atomic E-state index is 5.52. The molecular weight excluding hydrogens is 174 g/mol. The van der Waals surface area contributed by atoms with Crippen molar-refractivity contribution < 1.29 is 4.74 Å². The SMILES string of the molecule is CCOC1CC(NCCC(C)(C)C)C1. The van der Waals surface area contributed by atoms with Gasteiger partial charge in [-0.05, 0) is 38.1 Å². The second kappa shape index (κ2) is 5.13. The molecule has 1 rings (SSSR count). The van der Waals surface area contributed by atoms with Crippen molar-refractivity contribution >= 4 is 0 Å². The molecule has 14 heavy (non-hydrogen) atoms. The second-order valence-electron chi connectivity index (χ2n) is 5.51. The highest BCUT2D eigenvalue weighted by Crippen LogP contribution is 2.24. The zero-order chi connectivity index (χ0) is 10.6. The van der Waals surface area contributed by atoms with E-state index in [1.54, 1.807) is 0 Å². The zero-order valence-electron chi connectivity index (χ0n) is 10.1. The Morgan fingerprint density at radius 2 is 1.93 bits per heavy atom. The minimum Gasteiger partial charge on any atom is -0.378 e. The van der Waals surface area contributed by atoms with Gasteiger partial charge < -0.3 is 10.1 Å². The lowest BCUT2D eigenvalue weighted by atomic mass is 9.88. The van der Waals surface area contributed by atoms with Crippen molar-refractivity contribution in [2.24, 2.45) is 5.41 Å². The molecule has 0 aromatic rings. The minimum atomic E-state index is 0.454. The third-order valence-electron chi connectivity index (χ3n) is 2.81. The molecule has 1 aliphatic carbocycles. The van der Waals surface area contributed by atoms with Gasteiger partial charge in [-0.1, -0.05) is 20.8 Å². The van der Waals surface area contributed by atoms with Gasteiger partial charge in [-0.15, -0.1) is 0 Å². The Labute approximate surface area is 88.4 Å². The highest BCUT2D eigenvalue weighted by molar-refractivity contribution is 4.86. The van der Waals surface area contributed by atoms with E-state index in [2.05, 4.69) is 33.0 Å². The van der Waals surface area contributed by atoms with Crippen molar-refractivity contribution in [2.45, 2.75) is 59.1 Å². The molecular formula is C12H25NO. The Morgan fingerprint density at radius 3 is 2.43 bits per heavy atom. The lowest BCUT2D eigenvalue weighted by Gasteiger charge is -2.36. The number of hydrogen-bond acceptors (Lipinski definition) is 2. The number of ether oxygens (including phenoxy) is 1. The average molecular weight is 199 g/mol. The van der Waals surface area contributed by atoms with Gasteiger partial charge >= 0.3 is 0 Å². The van der Waals surface area contributed by atoms with E-state index in [4.69, 9.17) is 4.74 Å². The third kappa shape index (κ3) is 4.43. The molecule has 0 amide bonds. The van der Waals surface area contributed by atoms with Gasteiger partial charge in [-0.3, -0.25) is 0 Å². The third-order valence-corrected chi connectivity index (χ3v) is 2.81. The number of hydrogen-bond donors (Lipinski definition) is 1. The van der Waals surface area contributed by atoms with Gasteiger partial charge in [0.25, 0.3) is 0 Å². The molecule has 0 aromatic heterocycles. The van der Waals surface area contributed by atoms with Gasteiger partial charge in [0, 0.05) is 12.6 Å². The van der Waals surface area contributed by atoms with Gasteiger partial charge in [-0.25, -0.2) is 0 Å². The summed E-state index contributed by atoms with van der Waals surface area (Å²) < 4.78 is 5.52. The Morgan fingerprint density at radius 1 is 1.29 bits per heavy atom. The molecule has 0 aromatic carbocycles. The van der Waals surface area contributed by atoms with E-state index in [9.17, 15) is 0 Å². The molecule has 0 bridgehead atoms. The summed E-state index contributed by atoms with van der Waals surface area (Å²) in [6.07, 6.45) is 4.20. The summed E-state index contributed by atoms with van der Waals surface area (Å²) in [7, 11) is 0. The lowest BCUT2D eigenvalue weighted by Crippen LogP contribution is -2.46. The topological polar surface area (TPSA) is 21.3 Å². The van der Waals surface area contributed by atoms with Gasteiger partial charge in [0.1, 0.15) is 0 Å². The van der Waals surface area contributed by atoms with Gasteiger partial charge in [-0.2, -0.15) is 0 Å². The minimum absolute atomic E-state index is 0.454. The van der Waals surface area contributed by atoms with E-state index in [0.29, 0.717) is 17.6 Å². The summed E-state index contributed by atoms with van der Waals surface area (Å²) in [6.45, 7) is 10.9. The molecule has 0 heterocycles. The van der Waals surface area contributed by atoms with E-state index in [-0.39, 0.29) is 0 Å². The van der Waals surface area contributed by atoms with E-state index >= 15 is 0 Å². The molecule has 1 N–H and O–H groups in total. The molecule has 0 unspecified atom stereocenters. The predicted octanol–water partition coefficient (Wildman–Crippen LogP) is 2.58. The van der Waals surface area contributed by atoms with Crippen LogP contribution in [0.5, 0.6) is 0 Å². The van der Waals surface area contributed by atoms with Crippen LogP contribution in [-0.2, 0) is 4.74 Å². The van der Waals surface area contributed by atoms with Crippen LogP contribution >= 0.6 is 0 Å². The quantitative estimate of drug-likeness (QED) is 0.735. The maximum absolute atomic E-state index is 5.52. The number of nitrogens with one attached hydrogen (secondary N) is 1. The first kappa shape index (κ1) is 12.0. The van der Waals surface area contributed by atoms with Crippen molar-refractivity contribution in [2.75, 3.05) is 13.2 Å². The smallest absolute Gasteiger partial charge is 0.0604 e. The first-order valence-corrected chi connectivity index (χ1v) is 5.86. The van der Waals surface area contributed by atoms with Gasteiger partial charge in [0.05, 0.1) is 6.10 Å². The molecule has 84 valence electrons. The van der Waals surface area contributed by atoms with Crippen LogP contribution in [0.25, 0.3) is 0 Å². The molecule has 1 aliphatic rings. The van der Waals surface area contributed by atoms with Crippen LogP contribution in [0.3, 0.4) is 0 Å². The van der Waals surface area contributed by atoms with Crippen molar-refractivity contribution in [1.29, 1.82) is 0 Å². The second-order valence-corrected chi connectivity index (χ2v) is 5.51. The molecule has 0 spiro atoms. The van der Waals surface area contributed by atoms with Crippen molar-refractivity contribution in [1.82, 2.24) is 5.32 Å². The Kier molecular flexibility index (Phi) is 4.39. The van der Waals surface area contributed by atoms with Crippen LogP contribution in [-0.4, -0.2) is 25.3 Å². The summed E-state index contributed by atoms with van der Waals surface area (Å²) >= 11 is 0. The fourth-order valence-electron chi connectivity index (χ4n) is 1.76. The molecule has 2 heteroatoms. The molecule has 0 atom stereocenters. The molecule has 1 fully saturated rings. The molecule has 0 radical (unpaired) electrons. The van der Waals surface area contributed by atoms with Crippen LogP contribution < -0.4 is 5.32 Å². The van der Waals surface area contributed by atoms with E-state index in [1.165, 1.54) is 19.3 Å². The summed E-state index contributed by atoms with van der Waals surface area (Å²) in [5.74, 6) is 0. The fraction of sp³-hybridized carbons (Fsp3) is 1.00. The van der Waals surface area contributed by atoms with E-state index < -0.39 is 0 Å². The van der Waals surface area contributed by atoms with Crippen LogP contribution in [0.15, 0.2) is 0 Å². The first-order chi connectivity index (χ1) is 6.51. The average Bonchev–Trinajstić information content (AvgIpc) is 1.97. The van der Waals surface area contributed by atoms with Gasteiger partial charge in [0.15, 0.2) is 0 Å². The molecule has 0 saturated heterocycles. The number of rotatable bonds is 5. The lowest BCUT2D eigenvalue weighted by molar-refractivity contribution is -0.0101. The standard InChI is InChI=1S/C12H25NO/c1-5-14-11-8-10(9-11)13-7-6-12(2,3)4/h10-11,13H,5-9H2,1-4H3. The summed E-state index contributed by atoms with van der Waals surface area (Å²) in [5.41, 5.74) is 0.454. The van der Waals surface area contributed by atoms with E-state index in [0.717, 1.165) is 13.2 Å². The summed E-state index contributed by atoms with van der Waals surface area (Å²) in [5, 5.41) is 3.58. The van der Waals surface area contributed by atoms with Crippen LogP contribution in [0.1, 0.15) is 47.0 Å². The van der Waals surface area contributed by atoms with Crippen LogP contribution in [0.4, 0.5) is 0 Å². The zero-order valence-corrected chi connectivity index (χ0v) is 10.1. The Hall–Kier alpha value is -0.0800. The largest absolute Gasteiger partial charge is 0.378 e. The first-order valence-electron chi connectivity index (χ1n) is 5.86. The normalized spacial score (nSPS) is 27.4. The molecule has 2 nitrogen and oxygen atoms in total. The predicted molar refractivity (Wildman–Crippen MR) is 60.5 cm³/mol. The van der Waals surface area contributed by atoms with Crippen molar-refractivity contribution in [3.05, 3.63) is 0 Å². The molecule has 1 saturated carbocycles. The maximum Gasteiger partial charge on any atom is 0.0604 e.